The minimum absolute atomic E-state index is 0.104. The van der Waals surface area contributed by atoms with Gasteiger partial charge < -0.3 is 14.3 Å². The molecule has 4 heterocycles. The van der Waals surface area contributed by atoms with Crippen LogP contribution in [0.5, 0.6) is 0 Å². The highest BCUT2D eigenvalue weighted by Crippen LogP contribution is 2.10. The van der Waals surface area contributed by atoms with Gasteiger partial charge in [-0.3, -0.25) is 23.3 Å². The number of aromatic nitrogens is 6. The standard InChI is InChI=1S/C19H21N7O5/c1-4-11(8-26-15-12(31-19(26)30)6-5-7-20-15)22-13(27)9-25-10-21-14-16(25)23(2)18(29)24(3)17(14)28/h5-7,10-11H,4,8-9H2,1-3H3,(H,22,27)/t11-/m0/s1. The monoisotopic (exact) mass is 427 g/mol. The molecule has 1 amide bonds. The molecule has 1 atom stereocenters. The molecule has 0 bridgehead atoms. The topological polar surface area (TPSA) is 139 Å². The van der Waals surface area contributed by atoms with E-state index in [2.05, 4.69) is 15.3 Å². The van der Waals surface area contributed by atoms with Crippen molar-refractivity contribution < 1.29 is 9.21 Å². The average molecular weight is 427 g/mol. The van der Waals surface area contributed by atoms with Gasteiger partial charge >= 0.3 is 11.4 Å². The molecule has 12 nitrogen and oxygen atoms in total. The number of hydrogen-bond donors (Lipinski definition) is 1. The summed E-state index contributed by atoms with van der Waals surface area (Å²) in [7, 11) is 2.89. The first-order chi connectivity index (χ1) is 14.8. The molecule has 0 saturated heterocycles. The maximum absolute atomic E-state index is 12.7. The van der Waals surface area contributed by atoms with Crippen LogP contribution in [0, 0.1) is 0 Å². The van der Waals surface area contributed by atoms with Crippen LogP contribution < -0.4 is 22.3 Å². The number of hydrogen-bond acceptors (Lipinski definition) is 7. The van der Waals surface area contributed by atoms with E-state index in [0.29, 0.717) is 17.7 Å². The van der Waals surface area contributed by atoms with Crippen molar-refractivity contribution in [2.24, 2.45) is 14.1 Å². The number of pyridine rings is 1. The summed E-state index contributed by atoms with van der Waals surface area (Å²) in [6, 6.07) is 2.96. The lowest BCUT2D eigenvalue weighted by molar-refractivity contribution is -0.122. The quantitative estimate of drug-likeness (QED) is 0.431. The Morgan fingerprint density at radius 3 is 2.71 bits per heavy atom. The third-order valence-electron chi connectivity index (χ3n) is 5.21. The largest absolute Gasteiger partial charge is 0.421 e. The van der Waals surface area contributed by atoms with Crippen molar-refractivity contribution in [2.45, 2.75) is 32.5 Å². The Hall–Kier alpha value is -3.96. The molecule has 0 spiro atoms. The van der Waals surface area contributed by atoms with Gasteiger partial charge in [-0.25, -0.2) is 19.6 Å². The number of rotatable bonds is 6. The van der Waals surface area contributed by atoms with E-state index in [9.17, 15) is 19.2 Å². The van der Waals surface area contributed by atoms with Gasteiger partial charge in [0.1, 0.15) is 12.2 Å². The van der Waals surface area contributed by atoms with Crippen LogP contribution in [0.15, 0.2) is 43.5 Å². The smallest absolute Gasteiger partial charge is 0.406 e. The van der Waals surface area contributed by atoms with Gasteiger partial charge in [-0.2, -0.15) is 0 Å². The number of aryl methyl sites for hydroxylation is 1. The average Bonchev–Trinajstić information content (AvgIpc) is 3.31. The molecule has 0 fully saturated rings. The molecule has 4 rings (SSSR count). The summed E-state index contributed by atoms with van der Waals surface area (Å²) < 4.78 is 10.2. The summed E-state index contributed by atoms with van der Waals surface area (Å²) in [5.41, 5.74) is 0.115. The first kappa shape index (κ1) is 20.3. The van der Waals surface area contributed by atoms with E-state index in [4.69, 9.17) is 4.42 Å². The van der Waals surface area contributed by atoms with Gasteiger partial charge in [0.2, 0.25) is 5.91 Å². The van der Waals surface area contributed by atoms with Crippen LogP contribution in [0.2, 0.25) is 0 Å². The number of nitrogens with one attached hydrogen (secondary N) is 1. The number of nitrogens with zero attached hydrogens (tertiary/aromatic N) is 6. The molecular weight excluding hydrogens is 406 g/mol. The maximum atomic E-state index is 12.7. The van der Waals surface area contributed by atoms with Crippen molar-refractivity contribution in [1.29, 1.82) is 0 Å². The van der Waals surface area contributed by atoms with Gasteiger partial charge in [-0.05, 0) is 18.6 Å². The molecule has 0 aliphatic heterocycles. The fourth-order valence-electron chi connectivity index (χ4n) is 3.54. The third kappa shape index (κ3) is 3.45. The van der Waals surface area contributed by atoms with E-state index in [1.165, 1.54) is 34.1 Å². The third-order valence-corrected chi connectivity index (χ3v) is 5.21. The molecule has 0 aliphatic carbocycles. The lowest BCUT2D eigenvalue weighted by atomic mass is 10.2. The maximum Gasteiger partial charge on any atom is 0.421 e. The fourth-order valence-corrected chi connectivity index (χ4v) is 3.54. The first-order valence-corrected chi connectivity index (χ1v) is 9.66. The number of carbonyl (C=O) groups excluding carboxylic acids is 1. The number of fused-ring (bicyclic) bond motifs is 2. The Balaban J connectivity index is 1.57. The number of carbonyl (C=O) groups is 1. The molecule has 1 N–H and O–H groups in total. The van der Waals surface area contributed by atoms with Gasteiger partial charge in [-0.15, -0.1) is 0 Å². The fraction of sp³-hybridized carbons (Fsp3) is 0.368. The zero-order chi connectivity index (χ0) is 22.3. The van der Waals surface area contributed by atoms with Gasteiger partial charge in [0.25, 0.3) is 5.56 Å². The summed E-state index contributed by atoms with van der Waals surface area (Å²) in [6.45, 7) is 1.92. The van der Waals surface area contributed by atoms with Crippen molar-refractivity contribution in [2.75, 3.05) is 0 Å². The molecule has 0 aliphatic rings. The van der Waals surface area contributed by atoms with Crippen LogP contribution >= 0.6 is 0 Å². The SMILES string of the molecule is CC[C@@H](Cn1c(=O)oc2cccnc21)NC(=O)Cn1cnc2c(=O)n(C)c(=O)n(C)c21. The van der Waals surface area contributed by atoms with Crippen molar-refractivity contribution in [3.8, 4) is 0 Å². The van der Waals surface area contributed by atoms with Gasteiger partial charge in [-0.1, -0.05) is 6.92 Å². The highest BCUT2D eigenvalue weighted by atomic mass is 16.4. The molecule has 0 unspecified atom stereocenters. The summed E-state index contributed by atoms with van der Waals surface area (Å²) >= 11 is 0. The predicted octanol–water partition coefficient (Wildman–Crippen LogP) is -0.668. The van der Waals surface area contributed by atoms with Crippen molar-refractivity contribution in [3.63, 3.8) is 0 Å². The molecule has 4 aromatic heterocycles. The molecule has 162 valence electrons. The highest BCUT2D eigenvalue weighted by molar-refractivity contribution is 5.79. The molecule has 0 saturated carbocycles. The molecule has 4 aromatic rings. The van der Waals surface area contributed by atoms with Crippen LogP contribution in [0.4, 0.5) is 0 Å². The number of amides is 1. The zero-order valence-corrected chi connectivity index (χ0v) is 17.2. The Kier molecular flexibility index (Phi) is 5.05. The van der Waals surface area contributed by atoms with Crippen LogP contribution in [0.25, 0.3) is 22.4 Å². The lowest BCUT2D eigenvalue weighted by Crippen LogP contribution is -2.41. The molecule has 12 heteroatoms. The summed E-state index contributed by atoms with van der Waals surface area (Å²) in [5, 5.41) is 2.87. The van der Waals surface area contributed by atoms with E-state index >= 15 is 0 Å². The van der Waals surface area contributed by atoms with Gasteiger partial charge in [0.05, 0.1) is 12.9 Å². The van der Waals surface area contributed by atoms with Crippen molar-refractivity contribution in [3.05, 3.63) is 56.0 Å². The van der Waals surface area contributed by atoms with Crippen LogP contribution in [0.1, 0.15) is 13.3 Å². The van der Waals surface area contributed by atoms with E-state index in [1.807, 2.05) is 6.92 Å². The van der Waals surface area contributed by atoms with Gasteiger partial charge in [0.15, 0.2) is 16.7 Å². The van der Waals surface area contributed by atoms with E-state index in [1.54, 1.807) is 18.3 Å². The second-order valence-electron chi connectivity index (χ2n) is 7.23. The Morgan fingerprint density at radius 1 is 1.19 bits per heavy atom. The normalized spacial score (nSPS) is 12.5. The summed E-state index contributed by atoms with van der Waals surface area (Å²) in [4.78, 5) is 57.6. The zero-order valence-electron chi connectivity index (χ0n) is 17.2. The van der Waals surface area contributed by atoms with E-state index in [0.717, 1.165) is 4.57 Å². The number of imidazole rings is 1. The molecular formula is C19H21N7O5. The van der Waals surface area contributed by atoms with Crippen LogP contribution in [0.3, 0.4) is 0 Å². The van der Waals surface area contributed by atoms with Crippen LogP contribution in [-0.2, 0) is 32.0 Å². The van der Waals surface area contributed by atoms with Crippen molar-refractivity contribution >= 4 is 28.3 Å². The lowest BCUT2D eigenvalue weighted by Gasteiger charge is -2.17. The Bertz CT molecular complexity index is 1470. The minimum Gasteiger partial charge on any atom is -0.406 e. The number of oxazole rings is 1. The second-order valence-corrected chi connectivity index (χ2v) is 7.23. The summed E-state index contributed by atoms with van der Waals surface area (Å²) in [6.07, 6.45) is 3.47. The van der Waals surface area contributed by atoms with E-state index < -0.39 is 17.0 Å². The van der Waals surface area contributed by atoms with E-state index in [-0.39, 0.29) is 36.2 Å². The predicted molar refractivity (Wildman–Crippen MR) is 111 cm³/mol. The molecule has 31 heavy (non-hydrogen) atoms. The highest BCUT2D eigenvalue weighted by Gasteiger charge is 2.19. The Labute approximate surface area is 174 Å². The first-order valence-electron chi connectivity index (χ1n) is 9.66. The summed E-state index contributed by atoms with van der Waals surface area (Å²) in [5.74, 6) is -0.902. The van der Waals surface area contributed by atoms with Gasteiger partial charge in [0, 0.05) is 26.3 Å². The molecule has 0 radical (unpaired) electrons. The molecule has 0 aromatic carbocycles. The van der Waals surface area contributed by atoms with Crippen molar-refractivity contribution in [1.82, 2.24) is 33.6 Å². The minimum atomic E-state index is -0.548. The van der Waals surface area contributed by atoms with Crippen LogP contribution in [-0.4, -0.2) is 40.2 Å². The second kappa shape index (κ2) is 7.70. The Morgan fingerprint density at radius 2 is 1.97 bits per heavy atom.